The third-order valence-corrected chi connectivity index (χ3v) is 7.10. The fourth-order valence-corrected chi connectivity index (χ4v) is 5.23. The van der Waals surface area contributed by atoms with E-state index >= 15 is 0 Å². The maximum Gasteiger partial charge on any atom is 0.446 e. The van der Waals surface area contributed by atoms with Gasteiger partial charge in [-0.3, -0.25) is 0 Å². The Hall–Kier alpha value is -2.52. The Balaban J connectivity index is 1.21. The lowest BCUT2D eigenvalue weighted by atomic mass is 9.86. The van der Waals surface area contributed by atoms with Crippen LogP contribution in [0.15, 0.2) is 53.4 Å². The van der Waals surface area contributed by atoms with Crippen molar-refractivity contribution in [1.29, 1.82) is 0 Å². The first-order valence-electron chi connectivity index (χ1n) is 12.0. The third kappa shape index (κ3) is 7.48. The maximum absolute atomic E-state index is 12.6. The standard InChI is InChI=1S/C26H32F3N5S/c1-34(2)24-22-8-3-4-9-23(22)32-25(33-24)31-17-19-10-12-20(13-11-19)30-15-14-18-6-5-7-21(16-18)35-26(27,28)29/h3-9,16,19-20,30H,10-15,17H2,1-2H3,(H,31,32,33). The molecule has 0 radical (unpaired) electrons. The fraction of sp³-hybridized carbons (Fsp3) is 0.462. The predicted molar refractivity (Wildman–Crippen MR) is 138 cm³/mol. The summed E-state index contributed by atoms with van der Waals surface area (Å²) in [5.41, 5.74) is -2.39. The van der Waals surface area contributed by atoms with Crippen LogP contribution < -0.4 is 15.5 Å². The summed E-state index contributed by atoms with van der Waals surface area (Å²) in [6, 6.07) is 15.2. The minimum Gasteiger partial charge on any atom is -0.362 e. The van der Waals surface area contributed by atoms with Crippen LogP contribution in [-0.4, -0.2) is 48.7 Å². The van der Waals surface area contributed by atoms with Gasteiger partial charge in [0.25, 0.3) is 0 Å². The lowest BCUT2D eigenvalue weighted by molar-refractivity contribution is -0.0328. The van der Waals surface area contributed by atoms with E-state index in [1.54, 1.807) is 12.1 Å². The summed E-state index contributed by atoms with van der Waals surface area (Å²) in [5, 5.41) is 8.09. The number of thioether (sulfide) groups is 1. The average molecular weight is 504 g/mol. The van der Waals surface area contributed by atoms with Crippen LogP contribution in [-0.2, 0) is 6.42 Å². The third-order valence-electron chi connectivity index (χ3n) is 6.38. The molecule has 0 aliphatic heterocycles. The maximum atomic E-state index is 12.6. The molecule has 1 aliphatic carbocycles. The zero-order valence-corrected chi connectivity index (χ0v) is 20.9. The van der Waals surface area contributed by atoms with Gasteiger partial charge < -0.3 is 15.5 Å². The fourth-order valence-electron chi connectivity index (χ4n) is 4.60. The molecular formula is C26H32F3N5S. The van der Waals surface area contributed by atoms with Gasteiger partial charge in [0.15, 0.2) is 0 Å². The van der Waals surface area contributed by atoms with Gasteiger partial charge in [-0.25, -0.2) is 4.98 Å². The number of rotatable bonds is 9. The van der Waals surface area contributed by atoms with Gasteiger partial charge in [-0.05, 0) is 86.2 Å². The van der Waals surface area contributed by atoms with Gasteiger partial charge in [-0.15, -0.1) is 0 Å². The number of alkyl halides is 3. The van der Waals surface area contributed by atoms with E-state index in [1.165, 1.54) is 6.07 Å². The number of nitrogens with one attached hydrogen (secondary N) is 2. The largest absolute Gasteiger partial charge is 0.446 e. The van der Waals surface area contributed by atoms with Crippen molar-refractivity contribution >= 4 is 34.4 Å². The monoisotopic (exact) mass is 503 g/mol. The Kier molecular flexibility index (Phi) is 8.38. The second-order valence-corrected chi connectivity index (χ2v) is 10.4. The molecule has 0 spiro atoms. The summed E-state index contributed by atoms with van der Waals surface area (Å²) in [6.45, 7) is 1.62. The highest BCUT2D eigenvalue weighted by atomic mass is 32.2. The van der Waals surface area contributed by atoms with Gasteiger partial charge in [0.1, 0.15) is 5.82 Å². The van der Waals surface area contributed by atoms with Crippen molar-refractivity contribution in [3.63, 3.8) is 0 Å². The molecule has 0 saturated heterocycles. The number of nitrogens with zero attached hydrogens (tertiary/aromatic N) is 3. The minimum atomic E-state index is -4.25. The van der Waals surface area contributed by atoms with Crippen LogP contribution in [0.1, 0.15) is 31.2 Å². The Bertz CT molecular complexity index is 1110. The van der Waals surface area contributed by atoms with Crippen LogP contribution in [0.4, 0.5) is 24.9 Å². The highest BCUT2D eigenvalue weighted by Gasteiger charge is 2.29. The molecule has 0 unspecified atom stereocenters. The number of aromatic nitrogens is 2. The molecule has 1 fully saturated rings. The van der Waals surface area contributed by atoms with Crippen molar-refractivity contribution in [2.75, 3.05) is 37.4 Å². The molecule has 0 bridgehead atoms. The number of fused-ring (bicyclic) bond motifs is 1. The topological polar surface area (TPSA) is 53.1 Å². The summed E-state index contributed by atoms with van der Waals surface area (Å²) >= 11 is -0.0555. The number of hydrogen-bond donors (Lipinski definition) is 2. The molecule has 2 N–H and O–H groups in total. The van der Waals surface area contributed by atoms with Crippen LogP contribution in [0.2, 0.25) is 0 Å². The molecule has 9 heteroatoms. The molecule has 3 aromatic rings. The van der Waals surface area contributed by atoms with Gasteiger partial charge in [0.05, 0.1) is 5.52 Å². The summed E-state index contributed by atoms with van der Waals surface area (Å²) in [4.78, 5) is 11.7. The molecule has 1 saturated carbocycles. The van der Waals surface area contributed by atoms with Gasteiger partial charge in [0.2, 0.25) is 5.95 Å². The zero-order valence-electron chi connectivity index (χ0n) is 20.1. The van der Waals surface area contributed by atoms with E-state index in [4.69, 9.17) is 4.98 Å². The van der Waals surface area contributed by atoms with E-state index in [0.717, 1.165) is 67.5 Å². The number of hydrogen-bond acceptors (Lipinski definition) is 6. The quantitative estimate of drug-likeness (QED) is 0.344. The van der Waals surface area contributed by atoms with Gasteiger partial charge in [-0.2, -0.15) is 18.2 Å². The number of benzene rings is 2. The number of para-hydroxylation sites is 1. The van der Waals surface area contributed by atoms with Crippen molar-refractivity contribution in [3.8, 4) is 0 Å². The number of anilines is 2. The van der Waals surface area contributed by atoms with Crippen molar-refractivity contribution < 1.29 is 13.2 Å². The van der Waals surface area contributed by atoms with Crippen LogP contribution >= 0.6 is 11.8 Å². The van der Waals surface area contributed by atoms with E-state index in [2.05, 4.69) is 15.6 Å². The molecule has 0 amide bonds. The first-order chi connectivity index (χ1) is 16.8. The first kappa shape index (κ1) is 25.6. The molecule has 1 heterocycles. The number of halogens is 3. The Morgan fingerprint density at radius 3 is 2.51 bits per heavy atom. The molecule has 1 aliphatic rings. The zero-order chi connectivity index (χ0) is 24.8. The van der Waals surface area contributed by atoms with Crippen LogP contribution in [0.3, 0.4) is 0 Å². The van der Waals surface area contributed by atoms with Crippen molar-refractivity contribution in [2.45, 2.75) is 48.5 Å². The lowest BCUT2D eigenvalue weighted by Gasteiger charge is -2.29. The molecule has 188 valence electrons. The molecule has 1 aromatic heterocycles. The second-order valence-electron chi connectivity index (χ2n) is 9.28. The van der Waals surface area contributed by atoms with E-state index in [0.29, 0.717) is 17.9 Å². The van der Waals surface area contributed by atoms with Gasteiger partial charge >= 0.3 is 5.51 Å². The Labute approximate surface area is 208 Å². The van der Waals surface area contributed by atoms with E-state index in [1.807, 2.05) is 49.3 Å². The van der Waals surface area contributed by atoms with Crippen LogP contribution in [0.25, 0.3) is 10.9 Å². The molecule has 0 atom stereocenters. The molecule has 35 heavy (non-hydrogen) atoms. The Morgan fingerprint density at radius 1 is 1.00 bits per heavy atom. The van der Waals surface area contributed by atoms with Crippen molar-refractivity contribution in [1.82, 2.24) is 15.3 Å². The summed E-state index contributed by atoms with van der Waals surface area (Å²) in [6.07, 6.45) is 5.16. The summed E-state index contributed by atoms with van der Waals surface area (Å²) in [7, 11) is 3.98. The van der Waals surface area contributed by atoms with Gasteiger partial charge in [-0.1, -0.05) is 24.3 Å². The van der Waals surface area contributed by atoms with E-state index in [9.17, 15) is 13.2 Å². The van der Waals surface area contributed by atoms with Gasteiger partial charge in [0, 0.05) is 37.0 Å². The van der Waals surface area contributed by atoms with Crippen LogP contribution in [0.5, 0.6) is 0 Å². The molecular weight excluding hydrogens is 471 g/mol. The lowest BCUT2D eigenvalue weighted by Crippen LogP contribution is -2.35. The summed E-state index contributed by atoms with van der Waals surface area (Å²) in [5.74, 6) is 2.15. The van der Waals surface area contributed by atoms with E-state index in [-0.39, 0.29) is 16.7 Å². The minimum absolute atomic E-state index is 0.0555. The smallest absolute Gasteiger partial charge is 0.362 e. The van der Waals surface area contributed by atoms with Crippen molar-refractivity contribution in [2.24, 2.45) is 5.92 Å². The normalized spacial score (nSPS) is 18.5. The van der Waals surface area contributed by atoms with Crippen molar-refractivity contribution in [3.05, 3.63) is 54.1 Å². The average Bonchev–Trinajstić information content (AvgIpc) is 2.82. The first-order valence-corrected chi connectivity index (χ1v) is 12.8. The summed E-state index contributed by atoms with van der Waals surface area (Å²) < 4.78 is 37.8. The molecule has 4 rings (SSSR count). The SMILES string of the molecule is CN(C)c1nc(NCC2CCC(NCCc3cccc(SC(F)(F)F)c3)CC2)nc2ccccc12. The predicted octanol–water partition coefficient (Wildman–Crippen LogP) is 6.11. The Morgan fingerprint density at radius 2 is 1.77 bits per heavy atom. The van der Waals surface area contributed by atoms with Crippen LogP contribution in [0, 0.1) is 5.92 Å². The van der Waals surface area contributed by atoms with E-state index < -0.39 is 5.51 Å². The molecule has 5 nitrogen and oxygen atoms in total. The highest BCUT2D eigenvalue weighted by Crippen LogP contribution is 2.37. The second kappa shape index (κ2) is 11.5. The molecule has 2 aromatic carbocycles. The highest BCUT2D eigenvalue weighted by molar-refractivity contribution is 8.00.